The minimum Gasteiger partial charge on any atom is -0.462 e. The number of carbonyl (C=O) groups excluding carboxylic acids is 3. The van der Waals surface area contributed by atoms with Crippen molar-refractivity contribution in [1.29, 1.82) is 0 Å². The fourth-order valence-corrected chi connectivity index (χ4v) is 9.78. The third-order valence-electron chi connectivity index (χ3n) is 13.7. The van der Waals surface area contributed by atoms with E-state index in [9.17, 15) is 28.9 Å². The van der Waals surface area contributed by atoms with Crippen LogP contribution in [0, 0.1) is 0 Å². The lowest BCUT2D eigenvalue weighted by molar-refractivity contribution is -0.161. The molecule has 0 bridgehead atoms. The number of esters is 3. The van der Waals surface area contributed by atoms with Gasteiger partial charge in [-0.25, -0.2) is 4.57 Å². The smallest absolute Gasteiger partial charge is 0.462 e. The number of allylic oxidation sites excluding steroid dienone is 2. The SMILES string of the molecule is CCCCCCCC/C=C\CCCCCCCCCC(=O)OCC(COP(=O)(O)OCC(CO)OC(=O)CCCCCCCCCCCCC)OC(=O)CCCCCCCCCCCCCCCCCCC. The molecule has 3 atom stereocenters. The second kappa shape index (κ2) is 55.5. The van der Waals surface area contributed by atoms with Crippen LogP contribution in [0.4, 0.5) is 0 Å². The summed E-state index contributed by atoms with van der Waals surface area (Å²) in [5.74, 6) is -1.44. The third kappa shape index (κ3) is 53.1. The van der Waals surface area contributed by atoms with Crippen LogP contribution in [0.15, 0.2) is 12.2 Å². The van der Waals surface area contributed by atoms with Crippen molar-refractivity contribution < 1.29 is 52.2 Å². The molecule has 0 heterocycles. The molecule has 0 amide bonds. The predicted molar refractivity (Wildman–Crippen MR) is 298 cm³/mol. The minimum absolute atomic E-state index is 0.176. The first-order chi connectivity index (χ1) is 35.2. The summed E-state index contributed by atoms with van der Waals surface area (Å²) in [5.41, 5.74) is 0. The molecule has 0 saturated carbocycles. The van der Waals surface area contributed by atoms with Crippen LogP contribution in [0.25, 0.3) is 0 Å². The molecule has 0 rings (SSSR count). The van der Waals surface area contributed by atoms with Gasteiger partial charge in [0.2, 0.25) is 0 Å². The zero-order chi connectivity index (χ0) is 52.7. The molecule has 426 valence electrons. The molecule has 3 unspecified atom stereocenters. The molecule has 72 heavy (non-hydrogen) atoms. The highest BCUT2D eigenvalue weighted by molar-refractivity contribution is 7.47. The molecule has 0 aliphatic carbocycles. The second-order valence-corrected chi connectivity index (χ2v) is 22.3. The Morgan fingerprint density at radius 1 is 0.375 bits per heavy atom. The van der Waals surface area contributed by atoms with Gasteiger partial charge >= 0.3 is 25.7 Å². The molecule has 2 N–H and O–H groups in total. The van der Waals surface area contributed by atoms with Crippen molar-refractivity contribution >= 4 is 25.7 Å². The molecule has 0 aromatic rings. The van der Waals surface area contributed by atoms with Crippen molar-refractivity contribution in [3.63, 3.8) is 0 Å². The van der Waals surface area contributed by atoms with Crippen molar-refractivity contribution in [2.75, 3.05) is 26.4 Å². The summed E-state index contributed by atoms with van der Waals surface area (Å²) in [5, 5.41) is 9.80. The van der Waals surface area contributed by atoms with Gasteiger partial charge in [-0.3, -0.25) is 23.4 Å². The van der Waals surface area contributed by atoms with Gasteiger partial charge in [-0.15, -0.1) is 0 Å². The van der Waals surface area contributed by atoms with Crippen LogP contribution in [-0.2, 0) is 42.2 Å². The van der Waals surface area contributed by atoms with Gasteiger partial charge in [-0.2, -0.15) is 0 Å². The Labute approximate surface area is 443 Å². The van der Waals surface area contributed by atoms with E-state index in [0.717, 1.165) is 64.2 Å². The van der Waals surface area contributed by atoms with Crippen molar-refractivity contribution in [3.05, 3.63) is 12.2 Å². The van der Waals surface area contributed by atoms with E-state index in [0.29, 0.717) is 19.3 Å². The van der Waals surface area contributed by atoms with Gasteiger partial charge in [-0.05, 0) is 44.9 Å². The van der Waals surface area contributed by atoms with Crippen molar-refractivity contribution in [3.8, 4) is 0 Å². The molecular weight excluding hydrogens is 928 g/mol. The maximum Gasteiger partial charge on any atom is 0.472 e. The van der Waals surface area contributed by atoms with Crippen LogP contribution < -0.4 is 0 Å². The van der Waals surface area contributed by atoms with Crippen molar-refractivity contribution in [1.82, 2.24) is 0 Å². The molecule has 0 aliphatic heterocycles. The highest BCUT2D eigenvalue weighted by Gasteiger charge is 2.28. The summed E-state index contributed by atoms with van der Waals surface area (Å²) in [6.45, 7) is 4.70. The molecule has 0 fully saturated rings. The summed E-state index contributed by atoms with van der Waals surface area (Å²) in [4.78, 5) is 48.6. The number of hydrogen-bond donors (Lipinski definition) is 2. The van der Waals surface area contributed by atoms with Crippen LogP contribution in [0.1, 0.15) is 316 Å². The van der Waals surface area contributed by atoms with E-state index in [-0.39, 0.29) is 25.9 Å². The number of ether oxygens (including phenoxy) is 3. The topological polar surface area (TPSA) is 155 Å². The van der Waals surface area contributed by atoms with Crippen molar-refractivity contribution in [2.45, 2.75) is 328 Å². The first kappa shape index (κ1) is 70.2. The number of phosphoric ester groups is 1. The Morgan fingerprint density at radius 2 is 0.639 bits per heavy atom. The lowest BCUT2D eigenvalue weighted by atomic mass is 10.0. The van der Waals surface area contributed by atoms with Gasteiger partial charge in [0.15, 0.2) is 6.10 Å². The standard InChI is InChI=1S/C60H115O11P/c1-4-7-10-13-16-19-22-24-26-28-30-32-35-37-40-43-46-49-58(62)67-53-57(71-60(64)51-48-45-42-39-36-33-31-29-27-25-23-20-17-14-11-8-5-2)55-69-72(65,66)68-54-56(52-61)70-59(63)50-47-44-41-38-34-21-18-15-12-9-6-3/h24,26,56-57,61H,4-23,25,27-55H2,1-3H3,(H,65,66)/b26-24-. The Kier molecular flexibility index (Phi) is 54.1. The van der Waals surface area contributed by atoms with Crippen LogP contribution in [0.3, 0.4) is 0 Å². The number of phosphoric acid groups is 1. The fourth-order valence-electron chi connectivity index (χ4n) is 9.00. The number of carbonyl (C=O) groups is 3. The van der Waals surface area contributed by atoms with Crippen LogP contribution in [0.2, 0.25) is 0 Å². The molecule has 0 spiro atoms. The van der Waals surface area contributed by atoms with E-state index in [1.165, 1.54) is 193 Å². The molecule has 0 aromatic carbocycles. The molecule has 12 heteroatoms. The first-order valence-corrected chi connectivity index (χ1v) is 32.1. The quantitative estimate of drug-likeness (QED) is 0.0197. The second-order valence-electron chi connectivity index (χ2n) is 20.9. The van der Waals surface area contributed by atoms with Crippen molar-refractivity contribution in [2.24, 2.45) is 0 Å². The van der Waals surface area contributed by atoms with E-state index in [2.05, 4.69) is 32.9 Å². The van der Waals surface area contributed by atoms with E-state index < -0.39 is 57.8 Å². The molecular formula is C60H115O11P. The summed E-state index contributed by atoms with van der Waals surface area (Å²) in [6, 6.07) is 0. The van der Waals surface area contributed by atoms with Crippen LogP contribution >= 0.6 is 7.82 Å². The lowest BCUT2D eigenvalue weighted by Crippen LogP contribution is -2.30. The Balaban J connectivity index is 4.67. The largest absolute Gasteiger partial charge is 0.472 e. The van der Waals surface area contributed by atoms with Crippen LogP contribution in [-0.4, -0.2) is 66.5 Å². The van der Waals surface area contributed by atoms with Gasteiger partial charge < -0.3 is 24.2 Å². The maximum atomic E-state index is 12.9. The average Bonchev–Trinajstić information content (AvgIpc) is 3.37. The molecule has 0 aliphatic rings. The van der Waals surface area contributed by atoms with E-state index in [4.69, 9.17) is 23.3 Å². The highest BCUT2D eigenvalue weighted by atomic mass is 31.2. The van der Waals surface area contributed by atoms with E-state index in [1.807, 2.05) is 0 Å². The highest BCUT2D eigenvalue weighted by Crippen LogP contribution is 2.43. The summed E-state index contributed by atoms with van der Waals surface area (Å²) in [6.07, 6.45) is 54.5. The number of hydrogen-bond acceptors (Lipinski definition) is 10. The third-order valence-corrected chi connectivity index (χ3v) is 14.6. The lowest BCUT2D eigenvalue weighted by Gasteiger charge is -2.21. The normalized spacial score (nSPS) is 13.3. The Bertz CT molecular complexity index is 1260. The Morgan fingerprint density at radius 3 is 0.958 bits per heavy atom. The fraction of sp³-hybridized carbons (Fsp3) is 0.917. The molecule has 11 nitrogen and oxygen atoms in total. The van der Waals surface area contributed by atoms with Gasteiger partial charge in [-0.1, -0.05) is 264 Å². The van der Waals surface area contributed by atoms with Gasteiger partial charge in [0.1, 0.15) is 12.7 Å². The van der Waals surface area contributed by atoms with Gasteiger partial charge in [0.25, 0.3) is 0 Å². The monoisotopic (exact) mass is 1040 g/mol. The Hall–Kier alpha value is -1.78. The number of unbranched alkanes of at least 4 members (excludes halogenated alkanes) is 39. The van der Waals surface area contributed by atoms with Gasteiger partial charge in [0.05, 0.1) is 19.8 Å². The minimum atomic E-state index is -4.74. The summed E-state index contributed by atoms with van der Waals surface area (Å²) in [7, 11) is -4.74. The summed E-state index contributed by atoms with van der Waals surface area (Å²) < 4.78 is 39.6. The van der Waals surface area contributed by atoms with Crippen LogP contribution in [0.5, 0.6) is 0 Å². The molecule has 0 aromatic heterocycles. The van der Waals surface area contributed by atoms with E-state index >= 15 is 0 Å². The average molecular weight is 1040 g/mol. The van der Waals surface area contributed by atoms with E-state index in [1.54, 1.807) is 0 Å². The maximum absolute atomic E-state index is 12.9. The predicted octanol–water partition coefficient (Wildman–Crippen LogP) is 18.0. The molecule has 0 radical (unpaired) electrons. The number of aliphatic hydroxyl groups is 1. The van der Waals surface area contributed by atoms with Gasteiger partial charge in [0, 0.05) is 19.3 Å². The number of aliphatic hydroxyl groups excluding tert-OH is 1. The molecule has 0 saturated heterocycles. The zero-order valence-electron chi connectivity index (χ0n) is 47.2. The summed E-state index contributed by atoms with van der Waals surface area (Å²) >= 11 is 0. The first-order valence-electron chi connectivity index (χ1n) is 30.6. The number of rotatable bonds is 58. The zero-order valence-corrected chi connectivity index (χ0v) is 48.1.